The average Bonchev–Trinajstić information content (AvgIpc) is 2.38. The molecule has 1 atom stereocenters. The molecule has 0 spiro atoms. The van der Waals surface area contributed by atoms with Crippen LogP contribution in [-0.4, -0.2) is 16.1 Å². The van der Waals surface area contributed by atoms with Gasteiger partial charge in [0.15, 0.2) is 0 Å². The summed E-state index contributed by atoms with van der Waals surface area (Å²) in [5, 5.41) is 9.02. The number of carboxylic acids is 1. The Kier molecular flexibility index (Phi) is 2.30. The Morgan fingerprint density at radius 3 is 2.94 bits per heavy atom. The first-order valence-electron chi connectivity index (χ1n) is 5.65. The minimum absolute atomic E-state index is 0.170. The molecule has 0 fully saturated rings. The summed E-state index contributed by atoms with van der Waals surface area (Å²) >= 11 is 0. The van der Waals surface area contributed by atoms with Crippen molar-refractivity contribution >= 4 is 5.97 Å². The van der Waals surface area contributed by atoms with Crippen LogP contribution in [0.2, 0.25) is 0 Å². The number of rotatable bonds is 1. The maximum atomic E-state index is 11.0. The molecule has 3 rings (SSSR count). The molecule has 2 heterocycles. The molecule has 18 heavy (non-hydrogen) atoms. The van der Waals surface area contributed by atoms with Crippen LogP contribution in [-0.2, 0) is 0 Å². The van der Waals surface area contributed by atoms with Crippen LogP contribution in [0.1, 0.15) is 28.9 Å². The summed E-state index contributed by atoms with van der Waals surface area (Å²) in [6.07, 6.45) is 3.21. The lowest BCUT2D eigenvalue weighted by atomic mass is 9.92. The van der Waals surface area contributed by atoms with Crippen molar-refractivity contribution in [1.82, 2.24) is 4.98 Å². The van der Waals surface area contributed by atoms with E-state index in [0.717, 1.165) is 22.4 Å². The van der Waals surface area contributed by atoms with E-state index in [1.54, 1.807) is 24.5 Å². The van der Waals surface area contributed by atoms with E-state index in [0.29, 0.717) is 0 Å². The zero-order valence-corrected chi connectivity index (χ0v) is 9.75. The van der Waals surface area contributed by atoms with E-state index in [1.165, 1.54) is 0 Å². The van der Waals surface area contributed by atoms with Crippen molar-refractivity contribution in [3.8, 4) is 16.9 Å². The van der Waals surface area contributed by atoms with Gasteiger partial charge in [-0.05, 0) is 30.7 Å². The molecule has 1 N–H and O–H groups in total. The SMILES string of the molecule is CC1Oc2cnccc2-c2ccc(C(=O)O)cc21. The van der Waals surface area contributed by atoms with E-state index in [1.807, 2.05) is 19.1 Å². The standard InChI is InChI=1S/C14H11NO3/c1-8-12-6-9(14(16)17)2-3-10(12)11-4-5-15-7-13(11)18-8/h2-8H,1H3,(H,16,17). The Balaban J connectivity index is 2.22. The third kappa shape index (κ3) is 1.54. The lowest BCUT2D eigenvalue weighted by Crippen LogP contribution is -2.12. The second kappa shape index (κ2) is 3.84. The molecule has 0 radical (unpaired) electrons. The van der Waals surface area contributed by atoms with Crippen LogP contribution in [0.5, 0.6) is 5.75 Å². The number of carbonyl (C=O) groups is 1. The zero-order chi connectivity index (χ0) is 12.7. The van der Waals surface area contributed by atoms with Gasteiger partial charge in [-0.2, -0.15) is 0 Å². The van der Waals surface area contributed by atoms with Gasteiger partial charge in [0, 0.05) is 17.3 Å². The maximum Gasteiger partial charge on any atom is 0.335 e. The topological polar surface area (TPSA) is 59.4 Å². The lowest BCUT2D eigenvalue weighted by molar-refractivity contribution is 0.0696. The zero-order valence-electron chi connectivity index (χ0n) is 9.75. The van der Waals surface area contributed by atoms with Gasteiger partial charge in [-0.25, -0.2) is 4.79 Å². The summed E-state index contributed by atoms with van der Waals surface area (Å²) in [6, 6.07) is 6.99. The van der Waals surface area contributed by atoms with Gasteiger partial charge in [0.25, 0.3) is 0 Å². The fourth-order valence-corrected chi connectivity index (χ4v) is 2.23. The highest BCUT2D eigenvalue weighted by molar-refractivity contribution is 5.89. The first kappa shape index (κ1) is 10.8. The number of aromatic carboxylic acids is 1. The molecule has 1 aliphatic heterocycles. The van der Waals surface area contributed by atoms with E-state index in [9.17, 15) is 4.79 Å². The van der Waals surface area contributed by atoms with Crippen LogP contribution >= 0.6 is 0 Å². The van der Waals surface area contributed by atoms with E-state index in [2.05, 4.69) is 4.98 Å². The van der Waals surface area contributed by atoms with Crippen molar-refractivity contribution in [3.05, 3.63) is 47.8 Å². The predicted molar refractivity (Wildman–Crippen MR) is 65.7 cm³/mol. The summed E-state index contributed by atoms with van der Waals surface area (Å²) in [6.45, 7) is 1.90. The molecule has 0 saturated heterocycles. The number of ether oxygens (including phenoxy) is 1. The van der Waals surface area contributed by atoms with Crippen LogP contribution in [0.4, 0.5) is 0 Å². The number of hydrogen-bond acceptors (Lipinski definition) is 3. The molecule has 0 amide bonds. The fourth-order valence-electron chi connectivity index (χ4n) is 2.23. The Morgan fingerprint density at radius 2 is 2.17 bits per heavy atom. The molecule has 1 aromatic heterocycles. The van der Waals surface area contributed by atoms with E-state index >= 15 is 0 Å². The Bertz CT molecular complexity index is 637. The second-order valence-corrected chi connectivity index (χ2v) is 4.24. The van der Waals surface area contributed by atoms with E-state index in [4.69, 9.17) is 9.84 Å². The largest absolute Gasteiger partial charge is 0.484 e. The van der Waals surface area contributed by atoms with Crippen LogP contribution in [0.25, 0.3) is 11.1 Å². The number of hydrogen-bond donors (Lipinski definition) is 1. The molecular weight excluding hydrogens is 230 g/mol. The number of aromatic nitrogens is 1. The summed E-state index contributed by atoms with van der Waals surface area (Å²) < 4.78 is 5.74. The minimum atomic E-state index is -0.925. The molecular formula is C14H11NO3. The third-order valence-corrected chi connectivity index (χ3v) is 3.11. The van der Waals surface area contributed by atoms with Gasteiger partial charge >= 0.3 is 5.97 Å². The van der Waals surface area contributed by atoms with Crippen molar-refractivity contribution < 1.29 is 14.6 Å². The highest BCUT2D eigenvalue weighted by Crippen LogP contribution is 2.41. The number of carboxylic acid groups (broad SMARTS) is 1. The van der Waals surface area contributed by atoms with Gasteiger partial charge in [-0.1, -0.05) is 6.07 Å². The fraction of sp³-hybridized carbons (Fsp3) is 0.143. The molecule has 1 aromatic carbocycles. The van der Waals surface area contributed by atoms with Crippen molar-refractivity contribution in [3.63, 3.8) is 0 Å². The van der Waals surface area contributed by atoms with Gasteiger partial charge in [0.1, 0.15) is 11.9 Å². The molecule has 1 unspecified atom stereocenters. The van der Waals surface area contributed by atoms with Crippen molar-refractivity contribution in [2.24, 2.45) is 0 Å². The second-order valence-electron chi connectivity index (χ2n) is 4.24. The van der Waals surface area contributed by atoms with Crippen LogP contribution in [0.15, 0.2) is 36.7 Å². The van der Waals surface area contributed by atoms with Gasteiger partial charge in [-0.15, -0.1) is 0 Å². The quantitative estimate of drug-likeness (QED) is 0.833. The number of fused-ring (bicyclic) bond motifs is 3. The average molecular weight is 241 g/mol. The van der Waals surface area contributed by atoms with Gasteiger partial charge < -0.3 is 9.84 Å². The molecule has 1 aliphatic rings. The third-order valence-electron chi connectivity index (χ3n) is 3.11. The first-order valence-corrected chi connectivity index (χ1v) is 5.65. The Morgan fingerprint density at radius 1 is 1.33 bits per heavy atom. The molecule has 2 aromatic rings. The Labute approximate surface area is 104 Å². The van der Waals surface area contributed by atoms with Gasteiger partial charge in [0.05, 0.1) is 11.8 Å². The number of nitrogens with zero attached hydrogens (tertiary/aromatic N) is 1. The lowest BCUT2D eigenvalue weighted by Gasteiger charge is -2.26. The van der Waals surface area contributed by atoms with E-state index in [-0.39, 0.29) is 11.7 Å². The highest BCUT2D eigenvalue weighted by Gasteiger charge is 2.23. The van der Waals surface area contributed by atoms with Crippen LogP contribution < -0.4 is 4.74 Å². The molecule has 4 nitrogen and oxygen atoms in total. The van der Waals surface area contributed by atoms with Gasteiger partial charge in [-0.3, -0.25) is 4.98 Å². The smallest absolute Gasteiger partial charge is 0.335 e. The van der Waals surface area contributed by atoms with Crippen molar-refractivity contribution in [2.45, 2.75) is 13.0 Å². The maximum absolute atomic E-state index is 11.0. The molecule has 0 bridgehead atoms. The summed E-state index contributed by atoms with van der Waals surface area (Å²) in [5.74, 6) is -0.189. The normalized spacial score (nSPS) is 16.4. The molecule has 90 valence electrons. The molecule has 0 aliphatic carbocycles. The number of benzene rings is 1. The monoisotopic (exact) mass is 241 g/mol. The van der Waals surface area contributed by atoms with E-state index < -0.39 is 5.97 Å². The summed E-state index contributed by atoms with van der Waals surface area (Å²) in [5.41, 5.74) is 3.14. The first-order chi connectivity index (χ1) is 8.66. The molecule has 0 saturated carbocycles. The minimum Gasteiger partial charge on any atom is -0.484 e. The Hall–Kier alpha value is -2.36. The predicted octanol–water partition coefficient (Wildman–Crippen LogP) is 2.90. The highest BCUT2D eigenvalue weighted by atomic mass is 16.5. The van der Waals surface area contributed by atoms with Gasteiger partial charge in [0.2, 0.25) is 0 Å². The summed E-state index contributed by atoms with van der Waals surface area (Å²) in [7, 11) is 0. The van der Waals surface area contributed by atoms with Crippen molar-refractivity contribution in [1.29, 1.82) is 0 Å². The van der Waals surface area contributed by atoms with Crippen LogP contribution in [0, 0.1) is 0 Å². The van der Waals surface area contributed by atoms with Crippen LogP contribution in [0.3, 0.4) is 0 Å². The number of pyridine rings is 1. The molecule has 4 heteroatoms. The summed E-state index contributed by atoms with van der Waals surface area (Å²) in [4.78, 5) is 15.0. The van der Waals surface area contributed by atoms with Crippen molar-refractivity contribution in [2.75, 3.05) is 0 Å².